The summed E-state index contributed by atoms with van der Waals surface area (Å²) in [4.78, 5) is 35.4. The van der Waals surface area contributed by atoms with E-state index < -0.39 is 24.0 Å². The third kappa shape index (κ3) is 7.56. The number of aliphatic carboxylic acids is 1. The average Bonchev–Trinajstić information content (AvgIpc) is 2.70. The maximum atomic E-state index is 12.1. The number of nitrogens with two attached hydrogens (primary N) is 1. The van der Waals surface area contributed by atoms with Crippen molar-refractivity contribution in [2.24, 2.45) is 11.7 Å². The van der Waals surface area contributed by atoms with Gasteiger partial charge in [-0.05, 0) is 49.4 Å². The third-order valence-electron chi connectivity index (χ3n) is 4.69. The van der Waals surface area contributed by atoms with Crippen LogP contribution in [0.1, 0.15) is 49.9 Å². The van der Waals surface area contributed by atoms with Gasteiger partial charge in [0.25, 0.3) is 5.91 Å². The van der Waals surface area contributed by atoms with Crippen LogP contribution < -0.4 is 21.1 Å². The van der Waals surface area contributed by atoms with Crippen LogP contribution in [0.25, 0.3) is 0 Å². The summed E-state index contributed by atoms with van der Waals surface area (Å²) >= 11 is 0. The average molecular weight is 393 g/mol. The summed E-state index contributed by atoms with van der Waals surface area (Å²) in [5.41, 5.74) is 6.41. The van der Waals surface area contributed by atoms with Crippen molar-refractivity contribution in [3.63, 3.8) is 0 Å². The van der Waals surface area contributed by atoms with Crippen molar-refractivity contribution < 1.29 is 24.2 Å². The summed E-state index contributed by atoms with van der Waals surface area (Å²) in [6.45, 7) is 4.10. The fourth-order valence-corrected chi connectivity index (χ4v) is 2.61. The molecular weight excluding hydrogens is 362 g/mol. The van der Waals surface area contributed by atoms with E-state index in [4.69, 9.17) is 10.5 Å². The molecule has 0 heterocycles. The lowest BCUT2D eigenvalue weighted by Crippen LogP contribution is -2.50. The van der Waals surface area contributed by atoms with Crippen molar-refractivity contribution in [3.05, 3.63) is 29.8 Å². The van der Waals surface area contributed by atoms with Gasteiger partial charge in [-0.2, -0.15) is 0 Å². The highest BCUT2D eigenvalue weighted by Gasteiger charge is 2.27. The van der Waals surface area contributed by atoms with Crippen molar-refractivity contribution >= 4 is 17.8 Å². The smallest absolute Gasteiger partial charge is 0.326 e. The number of carboxylic acids is 1. The van der Waals surface area contributed by atoms with Crippen LogP contribution in [0, 0.1) is 5.92 Å². The second-order valence-corrected chi connectivity index (χ2v) is 6.80. The van der Waals surface area contributed by atoms with Gasteiger partial charge >= 0.3 is 5.97 Å². The molecule has 0 aliphatic heterocycles. The van der Waals surface area contributed by atoms with Crippen molar-refractivity contribution in [2.75, 3.05) is 13.7 Å². The molecule has 1 aromatic carbocycles. The van der Waals surface area contributed by atoms with Crippen LogP contribution >= 0.6 is 0 Å². The molecule has 0 aliphatic carbocycles. The van der Waals surface area contributed by atoms with Gasteiger partial charge in [-0.25, -0.2) is 4.79 Å². The molecule has 1 aromatic rings. The molecule has 3 atom stereocenters. The number of rotatable bonds is 12. The number of hydrogen-bond donors (Lipinski definition) is 4. The molecule has 1 rings (SSSR count). The lowest BCUT2D eigenvalue weighted by molar-refractivity contribution is -0.143. The Kier molecular flexibility index (Phi) is 10.0. The van der Waals surface area contributed by atoms with Crippen LogP contribution in [0.4, 0.5) is 0 Å². The van der Waals surface area contributed by atoms with Gasteiger partial charge in [0.1, 0.15) is 11.8 Å². The van der Waals surface area contributed by atoms with E-state index in [9.17, 15) is 19.5 Å². The largest absolute Gasteiger partial charge is 0.497 e. The predicted octanol–water partition coefficient (Wildman–Crippen LogP) is 1.54. The van der Waals surface area contributed by atoms with Crippen molar-refractivity contribution in [1.82, 2.24) is 10.6 Å². The quantitative estimate of drug-likeness (QED) is 0.398. The molecule has 0 saturated carbocycles. The Balaban J connectivity index is 2.31. The Labute approximate surface area is 165 Å². The first-order chi connectivity index (χ1) is 13.3. The van der Waals surface area contributed by atoms with Gasteiger partial charge in [-0.15, -0.1) is 0 Å². The standard InChI is InChI=1S/C20H31N3O5/c1-4-13(2)17(20(26)27)23-19(25)16(21)7-5-6-12-22-18(24)14-8-10-15(28-3)11-9-14/h8-11,13,16-17H,4-7,12,21H2,1-3H3,(H,22,24)(H,23,25)(H,26,27)/t13-,16+,17-/m0/s1. The molecule has 5 N–H and O–H groups in total. The minimum Gasteiger partial charge on any atom is -0.497 e. The first kappa shape index (κ1) is 23.4. The van der Waals surface area contributed by atoms with E-state index in [1.807, 2.05) is 6.92 Å². The number of methoxy groups -OCH3 is 1. The molecule has 156 valence electrons. The lowest BCUT2D eigenvalue weighted by Gasteiger charge is -2.22. The van der Waals surface area contributed by atoms with Crippen LogP contribution in [0.5, 0.6) is 5.75 Å². The molecule has 2 amide bonds. The van der Waals surface area contributed by atoms with Crippen molar-refractivity contribution in [2.45, 2.75) is 51.6 Å². The van der Waals surface area contributed by atoms with E-state index >= 15 is 0 Å². The number of benzene rings is 1. The van der Waals surface area contributed by atoms with Gasteiger partial charge in [-0.1, -0.05) is 20.3 Å². The third-order valence-corrected chi connectivity index (χ3v) is 4.69. The van der Waals surface area contributed by atoms with Gasteiger partial charge < -0.3 is 26.2 Å². The zero-order chi connectivity index (χ0) is 21.1. The van der Waals surface area contributed by atoms with E-state index in [-0.39, 0.29) is 11.8 Å². The molecule has 0 spiro atoms. The van der Waals surface area contributed by atoms with Gasteiger partial charge in [0.05, 0.1) is 13.2 Å². The number of nitrogens with one attached hydrogen (secondary N) is 2. The molecule has 0 aliphatic rings. The number of carboxylic acid groups (broad SMARTS) is 1. The topological polar surface area (TPSA) is 131 Å². The summed E-state index contributed by atoms with van der Waals surface area (Å²) in [5, 5.41) is 14.5. The Hall–Kier alpha value is -2.61. The van der Waals surface area contributed by atoms with Gasteiger partial charge in [0.2, 0.25) is 5.91 Å². The number of unbranched alkanes of at least 4 members (excludes halogenated alkanes) is 1. The summed E-state index contributed by atoms with van der Waals surface area (Å²) in [7, 11) is 1.56. The zero-order valence-electron chi connectivity index (χ0n) is 16.7. The molecule has 0 bridgehead atoms. The highest BCUT2D eigenvalue weighted by molar-refractivity contribution is 5.94. The van der Waals surface area contributed by atoms with Crippen LogP contribution in [0.15, 0.2) is 24.3 Å². The number of amides is 2. The highest BCUT2D eigenvalue weighted by atomic mass is 16.5. The molecule has 28 heavy (non-hydrogen) atoms. The maximum Gasteiger partial charge on any atom is 0.326 e. The van der Waals surface area contributed by atoms with E-state index in [0.29, 0.717) is 43.5 Å². The van der Waals surface area contributed by atoms with Crippen molar-refractivity contribution in [3.8, 4) is 5.75 Å². The molecule has 0 radical (unpaired) electrons. The van der Waals surface area contributed by atoms with Crippen LogP contribution in [0.2, 0.25) is 0 Å². The second kappa shape index (κ2) is 12.0. The van der Waals surface area contributed by atoms with Crippen molar-refractivity contribution in [1.29, 1.82) is 0 Å². The molecule has 0 unspecified atom stereocenters. The first-order valence-electron chi connectivity index (χ1n) is 9.51. The minimum atomic E-state index is -1.06. The summed E-state index contributed by atoms with van der Waals surface area (Å²) in [6, 6.07) is 5.09. The summed E-state index contributed by atoms with van der Waals surface area (Å²) in [6.07, 6.45) is 2.35. The summed E-state index contributed by atoms with van der Waals surface area (Å²) < 4.78 is 5.05. The number of carbonyl (C=O) groups excluding carboxylic acids is 2. The van der Waals surface area contributed by atoms with E-state index in [0.717, 1.165) is 0 Å². The normalized spacial score (nSPS) is 13.9. The lowest BCUT2D eigenvalue weighted by atomic mass is 9.98. The molecule has 0 aromatic heterocycles. The SMILES string of the molecule is CC[C@H](C)[C@H](NC(=O)[C@H](N)CCCCNC(=O)c1ccc(OC)cc1)C(=O)O. The van der Waals surface area contributed by atoms with Crippen LogP contribution in [-0.4, -0.2) is 48.6 Å². The van der Waals surface area contributed by atoms with E-state index in [2.05, 4.69) is 10.6 Å². The van der Waals surface area contributed by atoms with Crippen LogP contribution in [0.3, 0.4) is 0 Å². The molecular formula is C20H31N3O5. The molecule has 8 nitrogen and oxygen atoms in total. The Bertz CT molecular complexity index is 648. The van der Waals surface area contributed by atoms with E-state index in [1.165, 1.54) is 0 Å². The summed E-state index contributed by atoms with van der Waals surface area (Å²) in [5.74, 6) is -1.20. The number of carbonyl (C=O) groups is 3. The molecule has 8 heteroatoms. The zero-order valence-corrected chi connectivity index (χ0v) is 16.7. The number of ether oxygens (including phenoxy) is 1. The minimum absolute atomic E-state index is 0.178. The Morgan fingerprint density at radius 2 is 1.82 bits per heavy atom. The Morgan fingerprint density at radius 3 is 2.36 bits per heavy atom. The number of hydrogen-bond acceptors (Lipinski definition) is 5. The molecule has 0 fully saturated rings. The maximum absolute atomic E-state index is 12.1. The Morgan fingerprint density at radius 1 is 1.18 bits per heavy atom. The molecule has 0 saturated heterocycles. The van der Waals surface area contributed by atoms with Gasteiger partial charge in [0.15, 0.2) is 0 Å². The monoisotopic (exact) mass is 393 g/mol. The van der Waals surface area contributed by atoms with E-state index in [1.54, 1.807) is 38.3 Å². The predicted molar refractivity (Wildman–Crippen MR) is 106 cm³/mol. The van der Waals surface area contributed by atoms with Crippen LogP contribution in [-0.2, 0) is 9.59 Å². The highest BCUT2D eigenvalue weighted by Crippen LogP contribution is 2.11. The fraction of sp³-hybridized carbons (Fsp3) is 0.550. The van der Waals surface area contributed by atoms with Gasteiger partial charge in [0, 0.05) is 12.1 Å². The fourth-order valence-electron chi connectivity index (χ4n) is 2.61. The van der Waals surface area contributed by atoms with Gasteiger partial charge in [-0.3, -0.25) is 9.59 Å². The second-order valence-electron chi connectivity index (χ2n) is 6.80. The first-order valence-corrected chi connectivity index (χ1v) is 9.51.